The summed E-state index contributed by atoms with van der Waals surface area (Å²) in [6, 6.07) is 2.15. The van der Waals surface area contributed by atoms with Crippen LogP contribution in [-0.2, 0) is 12.8 Å². The Hall–Kier alpha value is -1.38. The largest absolute Gasteiger partial charge is 0.260 e. The molecule has 2 aromatic heterocycles. The topological polar surface area (TPSA) is 41.6 Å². The molecule has 0 fully saturated rings. The monoisotopic (exact) mass is 158 g/mol. The second kappa shape index (κ2) is 2.06. The van der Waals surface area contributed by atoms with Crippen LogP contribution in [0, 0.1) is 6.20 Å². The van der Waals surface area contributed by atoms with E-state index in [-0.39, 0.29) is 0 Å². The summed E-state index contributed by atoms with van der Waals surface area (Å²) in [5.41, 5.74) is 3.48. The number of pyridine rings is 1. The van der Waals surface area contributed by atoms with Gasteiger partial charge in [0.1, 0.15) is 6.20 Å². The number of rotatable bonds is 0. The minimum absolute atomic E-state index is 0.871. The Kier molecular flexibility index (Phi) is 1.06. The maximum atomic E-state index is 4.47. The van der Waals surface area contributed by atoms with Gasteiger partial charge in [0.05, 0.1) is 0 Å². The minimum atomic E-state index is 0.871. The van der Waals surface area contributed by atoms with Gasteiger partial charge in [0.2, 0.25) is 0 Å². The first-order chi connectivity index (χ1) is 5.93. The Labute approximate surface area is 69.8 Å². The summed E-state index contributed by atoms with van der Waals surface area (Å²) in [7, 11) is 0. The smallest absolute Gasteiger partial charge is 0.156 e. The fraction of sp³-hybridized carbons (Fsp3) is 0.333. The van der Waals surface area contributed by atoms with E-state index in [1.807, 2.05) is 0 Å². The van der Waals surface area contributed by atoms with Crippen LogP contribution in [-0.4, -0.2) is 15.2 Å². The first kappa shape index (κ1) is 6.17. The number of aryl methyl sites for hydroxylation is 2. The second-order valence-electron chi connectivity index (χ2n) is 3.18. The Morgan fingerprint density at radius 1 is 1.42 bits per heavy atom. The van der Waals surface area contributed by atoms with E-state index in [1.165, 1.54) is 17.7 Å². The van der Waals surface area contributed by atoms with Crippen LogP contribution in [0.2, 0.25) is 0 Å². The standard InChI is InChI=1S/C9H8N3/c1-2-6-4-7-5-10-12-9(7)11-8(6)3-1/h4H,1-3H2,(H,10,11,12). The maximum Gasteiger partial charge on any atom is 0.156 e. The van der Waals surface area contributed by atoms with Gasteiger partial charge < -0.3 is 0 Å². The number of hydrogen-bond donors (Lipinski definition) is 1. The molecule has 1 aliphatic carbocycles. The van der Waals surface area contributed by atoms with Gasteiger partial charge in [-0.2, -0.15) is 5.10 Å². The van der Waals surface area contributed by atoms with Gasteiger partial charge in [-0.15, -0.1) is 0 Å². The van der Waals surface area contributed by atoms with Crippen molar-refractivity contribution in [1.82, 2.24) is 15.2 Å². The van der Waals surface area contributed by atoms with Crippen molar-refractivity contribution in [3.05, 3.63) is 23.5 Å². The van der Waals surface area contributed by atoms with Crippen molar-refractivity contribution in [3.8, 4) is 0 Å². The lowest BCUT2D eigenvalue weighted by atomic mass is 10.2. The number of hydrogen-bond acceptors (Lipinski definition) is 2. The molecule has 2 heterocycles. The molecule has 59 valence electrons. The number of nitrogens with zero attached hydrogens (tertiary/aromatic N) is 2. The number of aromatic nitrogens is 3. The van der Waals surface area contributed by atoms with Gasteiger partial charge in [0.15, 0.2) is 5.65 Å². The summed E-state index contributed by atoms with van der Waals surface area (Å²) < 4.78 is 0. The molecule has 0 unspecified atom stereocenters. The van der Waals surface area contributed by atoms with Crippen molar-refractivity contribution in [2.45, 2.75) is 19.3 Å². The third-order valence-corrected chi connectivity index (χ3v) is 2.39. The number of fused-ring (bicyclic) bond motifs is 2. The molecule has 0 aromatic carbocycles. The predicted octanol–water partition coefficient (Wildman–Crippen LogP) is 1.25. The summed E-state index contributed by atoms with van der Waals surface area (Å²) >= 11 is 0. The first-order valence-corrected chi connectivity index (χ1v) is 4.18. The molecule has 3 nitrogen and oxygen atoms in total. The van der Waals surface area contributed by atoms with Crippen LogP contribution in [0.15, 0.2) is 6.07 Å². The van der Waals surface area contributed by atoms with Crippen LogP contribution in [0.3, 0.4) is 0 Å². The Morgan fingerprint density at radius 3 is 3.42 bits per heavy atom. The zero-order valence-corrected chi connectivity index (χ0v) is 6.59. The van der Waals surface area contributed by atoms with E-state index in [4.69, 9.17) is 0 Å². The molecule has 1 aliphatic rings. The molecule has 2 aromatic rings. The van der Waals surface area contributed by atoms with E-state index in [9.17, 15) is 0 Å². The summed E-state index contributed by atoms with van der Waals surface area (Å²) in [6.07, 6.45) is 6.40. The number of H-pyrrole nitrogens is 1. The lowest BCUT2D eigenvalue weighted by Crippen LogP contribution is -1.87. The molecule has 1 radical (unpaired) electrons. The highest BCUT2D eigenvalue weighted by Gasteiger charge is 2.13. The van der Waals surface area contributed by atoms with E-state index in [0.29, 0.717) is 0 Å². The number of nitrogens with one attached hydrogen (secondary N) is 1. The van der Waals surface area contributed by atoms with E-state index >= 15 is 0 Å². The quantitative estimate of drug-likeness (QED) is 0.626. The van der Waals surface area contributed by atoms with Gasteiger partial charge in [-0.25, -0.2) is 4.98 Å². The van der Waals surface area contributed by atoms with Gasteiger partial charge in [-0.3, -0.25) is 5.10 Å². The molecule has 0 saturated carbocycles. The second-order valence-corrected chi connectivity index (χ2v) is 3.18. The van der Waals surface area contributed by atoms with Crippen LogP contribution in [0.5, 0.6) is 0 Å². The summed E-state index contributed by atoms with van der Waals surface area (Å²) in [5.74, 6) is 0. The lowest BCUT2D eigenvalue weighted by molar-refractivity contribution is 0.899. The normalized spacial score (nSPS) is 15.3. The zero-order chi connectivity index (χ0) is 7.97. The Bertz CT molecular complexity index is 392. The highest BCUT2D eigenvalue weighted by atomic mass is 15.1. The average molecular weight is 158 g/mol. The van der Waals surface area contributed by atoms with E-state index in [2.05, 4.69) is 27.4 Å². The summed E-state index contributed by atoms with van der Waals surface area (Å²) in [5, 5.41) is 7.67. The summed E-state index contributed by atoms with van der Waals surface area (Å²) in [4.78, 5) is 4.47. The molecule has 1 N–H and O–H groups in total. The first-order valence-electron chi connectivity index (χ1n) is 4.18. The molecule has 0 bridgehead atoms. The molecular weight excluding hydrogens is 150 g/mol. The molecule has 0 amide bonds. The van der Waals surface area contributed by atoms with Crippen molar-refractivity contribution in [1.29, 1.82) is 0 Å². The molecule has 0 saturated heterocycles. The lowest BCUT2D eigenvalue weighted by Gasteiger charge is -1.95. The van der Waals surface area contributed by atoms with Crippen molar-refractivity contribution in [2.75, 3.05) is 0 Å². The van der Waals surface area contributed by atoms with Gasteiger partial charge >= 0.3 is 0 Å². The third-order valence-electron chi connectivity index (χ3n) is 2.39. The van der Waals surface area contributed by atoms with Gasteiger partial charge in [-0.05, 0) is 30.9 Å². The van der Waals surface area contributed by atoms with E-state index < -0.39 is 0 Å². The number of aromatic amines is 1. The SMILES string of the molecule is [c]1n[nH]c2nc3c(cc12)CCC3. The molecule has 0 spiro atoms. The fourth-order valence-electron chi connectivity index (χ4n) is 1.78. The molecule has 3 rings (SSSR count). The zero-order valence-electron chi connectivity index (χ0n) is 6.59. The van der Waals surface area contributed by atoms with Crippen molar-refractivity contribution >= 4 is 11.0 Å². The van der Waals surface area contributed by atoms with Crippen LogP contribution < -0.4 is 0 Å². The fourth-order valence-corrected chi connectivity index (χ4v) is 1.78. The minimum Gasteiger partial charge on any atom is -0.260 e. The van der Waals surface area contributed by atoms with Crippen LogP contribution >= 0.6 is 0 Å². The molecule has 3 heteroatoms. The highest BCUT2D eigenvalue weighted by Crippen LogP contribution is 2.22. The maximum absolute atomic E-state index is 4.47. The Morgan fingerprint density at radius 2 is 2.42 bits per heavy atom. The van der Waals surface area contributed by atoms with Crippen LogP contribution in [0.4, 0.5) is 0 Å². The third kappa shape index (κ3) is 0.706. The van der Waals surface area contributed by atoms with Crippen LogP contribution in [0.1, 0.15) is 17.7 Å². The molecule has 0 aliphatic heterocycles. The van der Waals surface area contributed by atoms with Crippen LogP contribution in [0.25, 0.3) is 11.0 Å². The van der Waals surface area contributed by atoms with Crippen molar-refractivity contribution in [2.24, 2.45) is 0 Å². The average Bonchev–Trinajstić information content (AvgIpc) is 2.64. The van der Waals surface area contributed by atoms with Crippen molar-refractivity contribution in [3.63, 3.8) is 0 Å². The van der Waals surface area contributed by atoms with Crippen molar-refractivity contribution < 1.29 is 0 Å². The highest BCUT2D eigenvalue weighted by molar-refractivity contribution is 5.74. The van der Waals surface area contributed by atoms with E-state index in [0.717, 1.165) is 23.9 Å². The predicted molar refractivity (Wildman–Crippen MR) is 44.7 cm³/mol. The van der Waals surface area contributed by atoms with Gasteiger partial charge in [0.25, 0.3) is 0 Å². The summed E-state index contributed by atoms with van der Waals surface area (Å²) in [6.45, 7) is 0. The molecule has 12 heavy (non-hydrogen) atoms. The molecule has 0 atom stereocenters. The van der Waals surface area contributed by atoms with Gasteiger partial charge in [0, 0.05) is 11.1 Å². The van der Waals surface area contributed by atoms with E-state index in [1.54, 1.807) is 0 Å². The molecular formula is C9H8N3. The van der Waals surface area contributed by atoms with Gasteiger partial charge in [-0.1, -0.05) is 0 Å². The Balaban J connectivity index is 2.38.